The van der Waals surface area contributed by atoms with E-state index in [1.165, 1.54) is 62.8 Å². The van der Waals surface area contributed by atoms with Crippen LogP contribution in [0.15, 0.2) is 197 Å². The van der Waals surface area contributed by atoms with E-state index in [9.17, 15) is 8.42 Å². The molecule has 3 aromatic heterocycles. The third kappa shape index (κ3) is 19.2. The normalized spacial score (nSPS) is 12.5. The van der Waals surface area contributed by atoms with Crippen molar-refractivity contribution in [1.82, 2.24) is 0 Å². The second-order valence-corrected chi connectivity index (χ2v) is 44.1. The molecule has 134 heavy (non-hydrogen) atoms. The van der Waals surface area contributed by atoms with Crippen LogP contribution in [-0.4, -0.2) is 84.7 Å². The highest BCUT2D eigenvalue weighted by Crippen LogP contribution is 2.47. The minimum atomic E-state index is -3.70. The quantitative estimate of drug-likeness (QED) is 0.0620. The topological polar surface area (TPSA) is 89.5 Å². The first kappa shape index (κ1) is 99.1. The molecule has 0 aliphatic heterocycles. The van der Waals surface area contributed by atoms with Gasteiger partial charge in [-0.15, -0.1) is 34.0 Å². The van der Waals surface area contributed by atoms with Crippen LogP contribution in [0.4, 0.5) is 0 Å². The number of benzene rings is 13. The van der Waals surface area contributed by atoms with E-state index in [0.717, 1.165) is 163 Å². The second kappa shape index (κ2) is 39.8. The molecular formula is C122H128O8S4. The zero-order valence-corrected chi connectivity index (χ0v) is 86.6. The molecule has 3 heterocycles. The van der Waals surface area contributed by atoms with Crippen molar-refractivity contribution in [3.8, 4) is 71.0 Å². The maximum absolute atomic E-state index is 13.8. The Hall–Kier alpha value is -10.9. The van der Waals surface area contributed by atoms with E-state index in [0.29, 0.717) is 4.21 Å². The van der Waals surface area contributed by atoms with Crippen LogP contribution in [-0.2, 0) is 43.7 Å². The predicted octanol–water partition coefficient (Wildman–Crippen LogP) is 31.4. The Kier molecular flexibility index (Phi) is 29.5. The summed E-state index contributed by atoms with van der Waals surface area (Å²) in [4.78, 5) is 2.95. The summed E-state index contributed by atoms with van der Waals surface area (Å²) in [6.07, 6.45) is 4.81. The maximum atomic E-state index is 13.8. The van der Waals surface area contributed by atoms with Crippen molar-refractivity contribution in [2.75, 3.05) is 42.7 Å². The first-order chi connectivity index (χ1) is 63.9. The third-order valence-electron chi connectivity index (χ3n) is 28.0. The summed E-state index contributed by atoms with van der Waals surface area (Å²) in [5.74, 6) is 44.1. The zero-order valence-electron chi connectivity index (χ0n) is 83.3. The van der Waals surface area contributed by atoms with Gasteiger partial charge in [0.25, 0.3) is 0 Å². The molecule has 0 saturated heterocycles. The number of fused-ring (bicyclic) bond motifs is 12. The van der Waals surface area contributed by atoms with Gasteiger partial charge in [-0.25, -0.2) is 8.42 Å². The molecule has 0 radical (unpaired) electrons. The molecule has 8 nitrogen and oxygen atoms in total. The molecule has 0 aliphatic rings. The van der Waals surface area contributed by atoms with E-state index in [4.69, 9.17) is 28.4 Å². The Morgan fingerprint density at radius 2 is 0.567 bits per heavy atom. The molecule has 13 aromatic carbocycles. The van der Waals surface area contributed by atoms with Gasteiger partial charge < -0.3 is 28.4 Å². The van der Waals surface area contributed by atoms with Crippen LogP contribution in [0.5, 0.6) is 0 Å². The van der Waals surface area contributed by atoms with Crippen molar-refractivity contribution in [1.29, 1.82) is 0 Å². The first-order valence-electron chi connectivity index (χ1n) is 47.2. The van der Waals surface area contributed by atoms with Crippen molar-refractivity contribution in [2.24, 2.45) is 23.7 Å². The van der Waals surface area contributed by atoms with E-state index in [1.54, 1.807) is 60.9 Å². The average molecular weight is 1850 g/mol. The van der Waals surface area contributed by atoms with Crippen LogP contribution in [0.2, 0.25) is 0 Å². The van der Waals surface area contributed by atoms with Gasteiger partial charge in [-0.1, -0.05) is 279 Å². The highest BCUT2D eigenvalue weighted by Gasteiger charge is 2.38. The summed E-state index contributed by atoms with van der Waals surface area (Å²) in [6.45, 7) is 45.3. The van der Waals surface area contributed by atoms with Crippen LogP contribution in [0.1, 0.15) is 219 Å². The lowest BCUT2D eigenvalue weighted by atomic mass is 9.79. The molecule has 688 valence electrons. The number of hydrogen-bond acceptors (Lipinski definition) is 11. The van der Waals surface area contributed by atoms with Gasteiger partial charge in [0.05, 0.1) is 4.90 Å². The third-order valence-corrected chi connectivity index (χ3v) is 33.9. The van der Waals surface area contributed by atoms with Gasteiger partial charge in [-0.3, -0.25) is 0 Å². The summed E-state index contributed by atoms with van der Waals surface area (Å²) in [7, 11) is 6.80. The lowest BCUT2D eigenvalue weighted by Gasteiger charge is -2.35. The van der Waals surface area contributed by atoms with Crippen LogP contribution in [0.25, 0.3) is 127 Å². The minimum absolute atomic E-state index is 0.0583. The summed E-state index contributed by atoms with van der Waals surface area (Å²) >= 11 is 4.99. The van der Waals surface area contributed by atoms with Gasteiger partial charge in [-0.2, -0.15) is 0 Å². The highest BCUT2D eigenvalue weighted by molar-refractivity contribution is 7.93. The molecule has 12 heteroatoms. The fourth-order valence-corrected chi connectivity index (χ4v) is 23.9. The SMILES string of the molecule is CCC(C#Cc1c2cc3ccccc3cc2c(C#CC(C)(C)OC)c2cc3sc(S(=O)(=O)c4ccc(C)cc4)cc3cc12)(CC)OC.CCC(C#Cc1c2cc3ccccc3cc2c(C#CC(CC)(CC)OC)c2cc3sc(C)cc3cc12)(CC)OC.COC(C#Cc1c2cc3ccccc3cc2c(C#CC(OC)(C(C)C)C(C)C)c2cc3sc(C(C)(C)C)cc3cc12)(C(C)C)C(C)C. The molecule has 0 N–H and O–H groups in total. The minimum Gasteiger partial charge on any atom is -0.366 e. The second-order valence-electron chi connectivity index (χ2n) is 38.4. The Morgan fingerprint density at radius 3 is 0.851 bits per heavy atom. The summed E-state index contributed by atoms with van der Waals surface area (Å²) < 4.78 is 67.2. The number of ether oxygens (including phenoxy) is 6. The van der Waals surface area contributed by atoms with E-state index in [-0.39, 0.29) is 34.0 Å². The Bertz CT molecular complexity index is 7470. The van der Waals surface area contributed by atoms with Crippen LogP contribution >= 0.6 is 34.0 Å². The predicted molar refractivity (Wildman–Crippen MR) is 575 cm³/mol. The van der Waals surface area contributed by atoms with Crippen molar-refractivity contribution in [2.45, 2.75) is 232 Å². The van der Waals surface area contributed by atoms with E-state index < -0.39 is 43.4 Å². The number of methoxy groups -OCH3 is 6. The molecule has 0 saturated carbocycles. The lowest BCUT2D eigenvalue weighted by molar-refractivity contribution is -0.0338. The number of thiophene rings is 3. The zero-order chi connectivity index (χ0) is 96.5. The standard InChI is InChI=1S/C44H52O2S.C41H38O4S2.C37H38O2S/c1-27(2)43(45-12,28(3)4)20-18-34-36-22-31-16-14-15-17-32(31)23-37(36)35(19-21-44(46-13,29(5)6)30(7)8)39-26-40-33(24-38(34)39)25-41(47-40)42(9,10)11;1-8-41(9-2,45-7)21-19-33-35-23-29-13-11-10-12-28(29)22-34(35)32(18-20-40(4,5)44-6)37-26-38-30(24-36(33)37)25-39(46-38)47(42,43)31-16-14-27(3)15-17-31;1-8-36(9-2,38-6)18-16-29-31-21-26-14-12-13-15-27(26)22-32(31)30(17-19-37(10-3,11-4)39-7)34-24-35-28(23-33(29)34)20-25(5)40-35/h14-17,22-30H,1-13H3;10-17,22-26H,8-9H2,1-7H3;12-15,20-24H,8-11H2,1-7H3. The number of rotatable bonds is 18. The number of sulfone groups is 1. The molecule has 0 bridgehead atoms. The lowest BCUT2D eigenvalue weighted by Crippen LogP contribution is -2.41. The van der Waals surface area contributed by atoms with Crippen LogP contribution in [0.3, 0.4) is 0 Å². The molecule has 16 rings (SSSR count). The first-order valence-corrected chi connectivity index (χ1v) is 51.2. The summed E-state index contributed by atoms with van der Waals surface area (Å²) in [5, 5.41) is 23.2. The Labute approximate surface area is 807 Å². The smallest absolute Gasteiger partial charge is 0.215 e. The Morgan fingerprint density at radius 1 is 0.299 bits per heavy atom. The molecule has 0 spiro atoms. The highest BCUT2D eigenvalue weighted by atomic mass is 32.2. The van der Waals surface area contributed by atoms with Gasteiger partial charge in [0, 0.05) is 116 Å². The average Bonchev–Trinajstić information content (AvgIpc) is 1.23. The van der Waals surface area contributed by atoms with Crippen molar-refractivity contribution in [3.05, 3.63) is 237 Å². The fraction of sp³-hybridized carbons (Fsp3) is 0.361. The van der Waals surface area contributed by atoms with Crippen molar-refractivity contribution in [3.63, 3.8) is 0 Å². The van der Waals surface area contributed by atoms with Gasteiger partial charge in [0.1, 0.15) is 37.8 Å². The fourth-order valence-electron chi connectivity index (χ4n) is 19.0. The van der Waals surface area contributed by atoms with Gasteiger partial charge in [0.15, 0.2) is 0 Å². The van der Waals surface area contributed by atoms with Crippen molar-refractivity contribution >= 4 is 171 Å². The molecule has 0 amide bonds. The molecule has 0 unspecified atom stereocenters. The molecule has 16 aromatic rings. The monoisotopic (exact) mass is 1850 g/mol. The number of aryl methyl sites for hydroxylation is 2. The largest absolute Gasteiger partial charge is 0.366 e. The molecular weight excluding hydrogens is 1720 g/mol. The van der Waals surface area contributed by atoms with Crippen LogP contribution < -0.4 is 0 Å². The van der Waals surface area contributed by atoms with E-state index in [1.807, 2.05) is 67.7 Å². The number of hydrogen-bond donors (Lipinski definition) is 0. The van der Waals surface area contributed by atoms with Crippen LogP contribution in [0, 0.1) is 109 Å². The molecule has 0 aliphatic carbocycles. The summed E-state index contributed by atoms with van der Waals surface area (Å²) in [5.41, 5.74) is 3.59. The van der Waals surface area contributed by atoms with Crippen molar-refractivity contribution < 1.29 is 36.8 Å². The van der Waals surface area contributed by atoms with Gasteiger partial charge in [-0.05, 0) is 295 Å². The Balaban J connectivity index is 0.000000162. The molecule has 0 fully saturated rings. The summed E-state index contributed by atoms with van der Waals surface area (Å²) in [6, 6.07) is 65.9. The van der Waals surface area contributed by atoms with Gasteiger partial charge >= 0.3 is 0 Å². The molecule has 0 atom stereocenters. The maximum Gasteiger partial charge on any atom is 0.215 e. The van der Waals surface area contributed by atoms with Gasteiger partial charge in [0.2, 0.25) is 9.84 Å². The van der Waals surface area contributed by atoms with E-state index in [2.05, 4.69) is 341 Å². The van der Waals surface area contributed by atoms with E-state index >= 15 is 0 Å².